The maximum atomic E-state index is 5.45. The molecule has 9 rings (SSSR count). The zero-order valence-corrected chi connectivity index (χ0v) is 24.9. The lowest BCUT2D eigenvalue weighted by Gasteiger charge is -2.15. The van der Waals surface area contributed by atoms with E-state index in [0.717, 1.165) is 55.5 Å². The second kappa shape index (κ2) is 10.8. The van der Waals surface area contributed by atoms with Gasteiger partial charge in [0.05, 0.1) is 11.2 Å². The standard InChI is InChI=1S/C43H27N3/c1-3-13-37-35(11-1)36-12-2-5-15-39(36)43-41(37)38-14-4-6-16-40(38)42(46-43)29-19-17-28(18-20-29)32-23-33(30-9-7-21-44-26-30)25-34(24-32)31-10-8-22-45-27-31/h1-27H. The second-order valence-corrected chi connectivity index (χ2v) is 11.7. The van der Waals surface area contributed by atoms with Crippen LogP contribution in [0.2, 0.25) is 0 Å². The van der Waals surface area contributed by atoms with Crippen molar-refractivity contribution in [3.63, 3.8) is 0 Å². The molecule has 0 aliphatic carbocycles. The lowest BCUT2D eigenvalue weighted by Crippen LogP contribution is -1.93. The maximum Gasteiger partial charge on any atom is 0.0800 e. The molecule has 0 fully saturated rings. The molecule has 0 saturated heterocycles. The summed E-state index contributed by atoms with van der Waals surface area (Å²) in [4.78, 5) is 14.2. The SMILES string of the molecule is c1cncc(-c2cc(-c3ccc(-c4nc5c6ccccc6c6ccccc6c5c5ccccc45)cc3)cc(-c3cccnc3)c2)c1. The summed E-state index contributed by atoms with van der Waals surface area (Å²) in [6.45, 7) is 0. The predicted molar refractivity (Wildman–Crippen MR) is 192 cm³/mol. The van der Waals surface area contributed by atoms with Crippen LogP contribution < -0.4 is 0 Å². The Balaban J connectivity index is 1.23. The van der Waals surface area contributed by atoms with Crippen molar-refractivity contribution in [2.45, 2.75) is 0 Å². The van der Waals surface area contributed by atoms with Crippen molar-refractivity contribution in [2.75, 3.05) is 0 Å². The third-order valence-corrected chi connectivity index (χ3v) is 9.00. The zero-order chi connectivity index (χ0) is 30.5. The van der Waals surface area contributed by atoms with Crippen LogP contribution in [0.3, 0.4) is 0 Å². The molecule has 3 heteroatoms. The highest BCUT2D eigenvalue weighted by Gasteiger charge is 2.16. The van der Waals surface area contributed by atoms with E-state index in [0.29, 0.717) is 0 Å². The van der Waals surface area contributed by atoms with Gasteiger partial charge in [0.15, 0.2) is 0 Å². The number of rotatable bonds is 4. The molecule has 3 aromatic heterocycles. The van der Waals surface area contributed by atoms with Gasteiger partial charge in [0.25, 0.3) is 0 Å². The molecule has 0 amide bonds. The Bertz CT molecular complexity index is 2500. The minimum Gasteiger partial charge on any atom is -0.264 e. The number of nitrogens with zero attached hydrogens (tertiary/aromatic N) is 3. The van der Waals surface area contributed by atoms with Gasteiger partial charge in [0.2, 0.25) is 0 Å². The van der Waals surface area contributed by atoms with Gasteiger partial charge < -0.3 is 0 Å². The fourth-order valence-corrected chi connectivity index (χ4v) is 6.83. The normalized spacial score (nSPS) is 11.5. The number of fused-ring (bicyclic) bond motifs is 8. The van der Waals surface area contributed by atoms with Crippen molar-refractivity contribution in [3.8, 4) is 44.6 Å². The fraction of sp³-hybridized carbons (Fsp3) is 0. The first-order chi connectivity index (χ1) is 22.8. The molecule has 0 atom stereocenters. The predicted octanol–water partition coefficient (Wildman–Crippen LogP) is 11.2. The highest BCUT2D eigenvalue weighted by atomic mass is 14.7. The molecule has 214 valence electrons. The van der Waals surface area contributed by atoms with Gasteiger partial charge in [-0.05, 0) is 74.1 Å². The van der Waals surface area contributed by atoms with Crippen LogP contribution in [-0.4, -0.2) is 15.0 Å². The summed E-state index contributed by atoms with van der Waals surface area (Å²) in [5, 5.41) is 8.48. The summed E-state index contributed by atoms with van der Waals surface area (Å²) < 4.78 is 0. The van der Waals surface area contributed by atoms with E-state index in [-0.39, 0.29) is 0 Å². The minimum atomic E-state index is 0.996. The highest BCUT2D eigenvalue weighted by molar-refractivity contribution is 6.31. The molecule has 9 aromatic rings. The van der Waals surface area contributed by atoms with Crippen LogP contribution in [0.15, 0.2) is 164 Å². The lowest BCUT2D eigenvalue weighted by atomic mass is 9.91. The van der Waals surface area contributed by atoms with Crippen LogP contribution in [0.4, 0.5) is 0 Å². The van der Waals surface area contributed by atoms with Crippen molar-refractivity contribution in [1.82, 2.24) is 15.0 Å². The van der Waals surface area contributed by atoms with Crippen molar-refractivity contribution in [3.05, 3.63) is 164 Å². The van der Waals surface area contributed by atoms with E-state index in [2.05, 4.69) is 137 Å². The molecule has 3 nitrogen and oxygen atoms in total. The number of pyridine rings is 3. The van der Waals surface area contributed by atoms with E-state index >= 15 is 0 Å². The molecule has 0 N–H and O–H groups in total. The maximum absolute atomic E-state index is 5.45. The molecular formula is C43H27N3. The van der Waals surface area contributed by atoms with Crippen molar-refractivity contribution < 1.29 is 0 Å². The molecule has 0 aliphatic rings. The van der Waals surface area contributed by atoms with Crippen LogP contribution in [0, 0.1) is 0 Å². The Hall–Kier alpha value is -6.19. The van der Waals surface area contributed by atoms with Crippen molar-refractivity contribution in [2.24, 2.45) is 0 Å². The van der Waals surface area contributed by atoms with Gasteiger partial charge in [0.1, 0.15) is 0 Å². The minimum absolute atomic E-state index is 0.996. The van der Waals surface area contributed by atoms with Crippen LogP contribution in [0.25, 0.3) is 87.9 Å². The Morgan fingerprint density at radius 3 is 1.35 bits per heavy atom. The van der Waals surface area contributed by atoms with E-state index in [4.69, 9.17) is 4.98 Å². The molecule has 6 aromatic carbocycles. The molecule has 0 spiro atoms. The van der Waals surface area contributed by atoms with Crippen LogP contribution in [-0.2, 0) is 0 Å². The second-order valence-electron chi connectivity index (χ2n) is 11.7. The summed E-state index contributed by atoms with van der Waals surface area (Å²) in [5.74, 6) is 0. The van der Waals surface area contributed by atoms with Gasteiger partial charge in [-0.15, -0.1) is 0 Å². The smallest absolute Gasteiger partial charge is 0.0800 e. The van der Waals surface area contributed by atoms with Crippen LogP contribution in [0.1, 0.15) is 0 Å². The van der Waals surface area contributed by atoms with E-state index in [1.807, 2.05) is 36.9 Å². The highest BCUT2D eigenvalue weighted by Crippen LogP contribution is 2.41. The average molecular weight is 586 g/mol. The lowest BCUT2D eigenvalue weighted by molar-refractivity contribution is 1.32. The quantitative estimate of drug-likeness (QED) is 0.193. The van der Waals surface area contributed by atoms with Crippen LogP contribution in [0.5, 0.6) is 0 Å². The summed E-state index contributed by atoms with van der Waals surface area (Å²) in [5.41, 5.74) is 9.81. The number of benzene rings is 6. The Morgan fingerprint density at radius 1 is 0.326 bits per heavy atom. The van der Waals surface area contributed by atoms with E-state index in [1.54, 1.807) is 0 Å². The van der Waals surface area contributed by atoms with Gasteiger partial charge in [-0.2, -0.15) is 0 Å². The number of hydrogen-bond acceptors (Lipinski definition) is 3. The first-order valence-corrected chi connectivity index (χ1v) is 15.5. The third-order valence-electron chi connectivity index (χ3n) is 9.00. The molecular weight excluding hydrogens is 558 g/mol. The average Bonchev–Trinajstić information content (AvgIpc) is 3.15. The van der Waals surface area contributed by atoms with Gasteiger partial charge in [-0.3, -0.25) is 9.97 Å². The Morgan fingerprint density at radius 2 is 0.783 bits per heavy atom. The molecule has 0 bridgehead atoms. The van der Waals surface area contributed by atoms with Gasteiger partial charge in [-0.1, -0.05) is 109 Å². The fourth-order valence-electron chi connectivity index (χ4n) is 6.83. The number of aromatic nitrogens is 3. The summed E-state index contributed by atoms with van der Waals surface area (Å²) in [7, 11) is 0. The first kappa shape index (κ1) is 26.2. The third kappa shape index (κ3) is 4.33. The Kier molecular flexibility index (Phi) is 6.14. The molecule has 0 unspecified atom stereocenters. The largest absolute Gasteiger partial charge is 0.264 e. The van der Waals surface area contributed by atoms with Gasteiger partial charge in [-0.25, -0.2) is 4.98 Å². The zero-order valence-electron chi connectivity index (χ0n) is 24.9. The molecule has 3 heterocycles. The van der Waals surface area contributed by atoms with E-state index < -0.39 is 0 Å². The molecule has 0 aliphatic heterocycles. The van der Waals surface area contributed by atoms with Gasteiger partial charge >= 0.3 is 0 Å². The topological polar surface area (TPSA) is 38.7 Å². The van der Waals surface area contributed by atoms with Crippen molar-refractivity contribution in [1.29, 1.82) is 0 Å². The summed E-state index contributed by atoms with van der Waals surface area (Å²) in [6, 6.07) is 49.7. The van der Waals surface area contributed by atoms with Crippen LogP contribution >= 0.6 is 0 Å². The Labute approximate surface area is 266 Å². The molecule has 0 saturated carbocycles. The summed E-state index contributed by atoms with van der Waals surface area (Å²) in [6.07, 6.45) is 7.45. The molecule has 46 heavy (non-hydrogen) atoms. The monoisotopic (exact) mass is 585 g/mol. The molecule has 0 radical (unpaired) electrons. The van der Waals surface area contributed by atoms with Gasteiger partial charge in [0, 0.05) is 57.6 Å². The van der Waals surface area contributed by atoms with Crippen molar-refractivity contribution >= 4 is 43.2 Å². The summed E-state index contributed by atoms with van der Waals surface area (Å²) >= 11 is 0. The number of hydrogen-bond donors (Lipinski definition) is 0. The van der Waals surface area contributed by atoms with E-state index in [9.17, 15) is 0 Å². The van der Waals surface area contributed by atoms with E-state index in [1.165, 1.54) is 32.3 Å². The first-order valence-electron chi connectivity index (χ1n) is 15.5.